The molecule has 2 heterocycles. The summed E-state index contributed by atoms with van der Waals surface area (Å²) in [5, 5.41) is 9.94. The Bertz CT molecular complexity index is 786. The molecule has 0 aliphatic carbocycles. The number of hydrogen-bond acceptors (Lipinski definition) is 4. The summed E-state index contributed by atoms with van der Waals surface area (Å²) in [6, 6.07) is 6.89. The van der Waals surface area contributed by atoms with E-state index in [1.807, 2.05) is 24.3 Å². The molecule has 3 rings (SSSR count). The standard InChI is InChI=1S/C18H23N5O3/c1-12-17(24)22(2)8-9-23(12)18(25)19-10-14-11-20-21-16(14)13-4-6-15(26-3)7-5-13/h4-7,11-12H,8-10H2,1-3H3,(H,19,25)(H,20,21). The Kier molecular flexibility index (Phi) is 5.11. The maximum atomic E-state index is 12.5. The highest BCUT2D eigenvalue weighted by Crippen LogP contribution is 2.23. The molecule has 1 aliphatic heterocycles. The van der Waals surface area contributed by atoms with Crippen LogP contribution in [-0.2, 0) is 11.3 Å². The second kappa shape index (κ2) is 7.47. The van der Waals surface area contributed by atoms with Crippen LogP contribution in [0.25, 0.3) is 11.3 Å². The molecule has 1 saturated heterocycles. The first kappa shape index (κ1) is 17.8. The van der Waals surface area contributed by atoms with E-state index in [9.17, 15) is 9.59 Å². The van der Waals surface area contributed by atoms with Crippen LogP contribution in [0.4, 0.5) is 4.79 Å². The van der Waals surface area contributed by atoms with E-state index in [1.165, 1.54) is 0 Å². The van der Waals surface area contributed by atoms with Gasteiger partial charge >= 0.3 is 6.03 Å². The lowest BCUT2D eigenvalue weighted by Gasteiger charge is -2.37. The van der Waals surface area contributed by atoms with Crippen molar-refractivity contribution in [3.05, 3.63) is 36.0 Å². The largest absolute Gasteiger partial charge is 0.497 e. The number of ether oxygens (including phenoxy) is 1. The number of piperazine rings is 1. The van der Waals surface area contributed by atoms with Gasteiger partial charge in [-0.15, -0.1) is 0 Å². The van der Waals surface area contributed by atoms with Crippen LogP contribution in [-0.4, -0.2) is 65.2 Å². The normalized spacial score (nSPS) is 17.3. The summed E-state index contributed by atoms with van der Waals surface area (Å²) in [4.78, 5) is 27.7. The minimum Gasteiger partial charge on any atom is -0.497 e. The van der Waals surface area contributed by atoms with Crippen LogP contribution >= 0.6 is 0 Å². The van der Waals surface area contributed by atoms with Crippen LogP contribution in [0.15, 0.2) is 30.5 Å². The number of H-pyrrole nitrogens is 1. The van der Waals surface area contributed by atoms with Gasteiger partial charge in [0, 0.05) is 37.8 Å². The predicted molar refractivity (Wildman–Crippen MR) is 96.6 cm³/mol. The van der Waals surface area contributed by atoms with Crippen molar-refractivity contribution in [2.45, 2.75) is 19.5 Å². The third-order valence-electron chi connectivity index (χ3n) is 4.66. The second-order valence-corrected chi connectivity index (χ2v) is 6.29. The summed E-state index contributed by atoms with van der Waals surface area (Å²) in [5.74, 6) is 0.727. The Morgan fingerprint density at radius 1 is 1.35 bits per heavy atom. The molecule has 0 saturated carbocycles. The number of likely N-dealkylation sites (N-methyl/N-ethyl adjacent to an activating group) is 1. The Morgan fingerprint density at radius 3 is 2.77 bits per heavy atom. The van der Waals surface area contributed by atoms with Gasteiger partial charge in [-0.2, -0.15) is 5.10 Å². The monoisotopic (exact) mass is 357 g/mol. The summed E-state index contributed by atoms with van der Waals surface area (Å²) in [6.07, 6.45) is 1.69. The van der Waals surface area contributed by atoms with Crippen molar-refractivity contribution in [3.8, 4) is 17.0 Å². The molecule has 1 fully saturated rings. The summed E-state index contributed by atoms with van der Waals surface area (Å²) < 4.78 is 5.17. The SMILES string of the molecule is COc1ccc(-c2[nH]ncc2CNC(=O)N2CCN(C)C(=O)C2C)cc1. The molecular weight excluding hydrogens is 334 g/mol. The summed E-state index contributed by atoms with van der Waals surface area (Å²) in [5.41, 5.74) is 2.67. The molecule has 1 aromatic carbocycles. The van der Waals surface area contributed by atoms with Gasteiger partial charge < -0.3 is 19.9 Å². The molecule has 0 spiro atoms. The van der Waals surface area contributed by atoms with Gasteiger partial charge in [0.25, 0.3) is 0 Å². The molecule has 2 aromatic rings. The van der Waals surface area contributed by atoms with E-state index in [0.717, 1.165) is 22.6 Å². The smallest absolute Gasteiger partial charge is 0.318 e. The molecule has 1 unspecified atom stereocenters. The zero-order chi connectivity index (χ0) is 18.7. The molecule has 8 heteroatoms. The van der Waals surface area contributed by atoms with Crippen LogP contribution < -0.4 is 10.1 Å². The van der Waals surface area contributed by atoms with Gasteiger partial charge in [0.15, 0.2) is 0 Å². The number of carbonyl (C=O) groups is 2. The zero-order valence-corrected chi connectivity index (χ0v) is 15.2. The maximum Gasteiger partial charge on any atom is 0.318 e. The summed E-state index contributed by atoms with van der Waals surface area (Å²) in [6.45, 7) is 3.13. The van der Waals surface area contributed by atoms with Gasteiger partial charge in [0.1, 0.15) is 11.8 Å². The van der Waals surface area contributed by atoms with Crippen LogP contribution in [0, 0.1) is 0 Å². The lowest BCUT2D eigenvalue weighted by molar-refractivity contribution is -0.137. The van der Waals surface area contributed by atoms with Crippen molar-refractivity contribution in [2.75, 3.05) is 27.2 Å². The average Bonchev–Trinajstić information content (AvgIpc) is 3.13. The first-order valence-electron chi connectivity index (χ1n) is 8.47. The Morgan fingerprint density at radius 2 is 2.08 bits per heavy atom. The number of aromatic amines is 1. The molecule has 1 atom stereocenters. The van der Waals surface area contributed by atoms with Crippen molar-refractivity contribution >= 4 is 11.9 Å². The molecule has 1 aliphatic rings. The molecule has 1 aromatic heterocycles. The number of amides is 3. The topological polar surface area (TPSA) is 90.6 Å². The molecule has 0 radical (unpaired) electrons. The van der Waals surface area contributed by atoms with E-state index in [1.54, 1.807) is 37.1 Å². The van der Waals surface area contributed by atoms with E-state index in [4.69, 9.17) is 4.74 Å². The van der Waals surface area contributed by atoms with Crippen LogP contribution in [0.2, 0.25) is 0 Å². The van der Waals surface area contributed by atoms with Gasteiger partial charge in [-0.05, 0) is 31.2 Å². The van der Waals surface area contributed by atoms with Crippen molar-refractivity contribution < 1.29 is 14.3 Å². The van der Waals surface area contributed by atoms with Crippen molar-refractivity contribution in [1.82, 2.24) is 25.3 Å². The molecule has 3 amide bonds. The Balaban J connectivity index is 1.66. The van der Waals surface area contributed by atoms with E-state index >= 15 is 0 Å². The van der Waals surface area contributed by atoms with Crippen LogP contribution in [0.1, 0.15) is 12.5 Å². The summed E-state index contributed by atoms with van der Waals surface area (Å²) in [7, 11) is 3.37. The predicted octanol–water partition coefficient (Wildman–Crippen LogP) is 1.46. The maximum absolute atomic E-state index is 12.5. The Labute approximate surface area is 152 Å². The second-order valence-electron chi connectivity index (χ2n) is 6.29. The number of aromatic nitrogens is 2. The lowest BCUT2D eigenvalue weighted by Crippen LogP contribution is -2.58. The number of benzene rings is 1. The quantitative estimate of drug-likeness (QED) is 0.867. The highest BCUT2D eigenvalue weighted by Gasteiger charge is 2.32. The average molecular weight is 357 g/mol. The zero-order valence-electron chi connectivity index (χ0n) is 15.2. The fourth-order valence-corrected chi connectivity index (χ4v) is 3.02. The molecule has 26 heavy (non-hydrogen) atoms. The molecule has 138 valence electrons. The number of methoxy groups -OCH3 is 1. The van der Waals surface area contributed by atoms with E-state index in [-0.39, 0.29) is 11.9 Å². The van der Waals surface area contributed by atoms with Gasteiger partial charge in [0.2, 0.25) is 5.91 Å². The molecular formula is C18H23N5O3. The van der Waals surface area contributed by atoms with Crippen LogP contribution in [0.5, 0.6) is 5.75 Å². The number of carbonyl (C=O) groups excluding carboxylic acids is 2. The van der Waals surface area contributed by atoms with Gasteiger partial charge in [-0.1, -0.05) is 0 Å². The lowest BCUT2D eigenvalue weighted by atomic mass is 10.1. The third kappa shape index (κ3) is 3.49. The van der Waals surface area contributed by atoms with E-state index in [2.05, 4.69) is 15.5 Å². The van der Waals surface area contributed by atoms with E-state index in [0.29, 0.717) is 19.6 Å². The van der Waals surface area contributed by atoms with Crippen molar-refractivity contribution in [1.29, 1.82) is 0 Å². The minimum atomic E-state index is -0.459. The number of nitrogens with one attached hydrogen (secondary N) is 2. The first-order chi connectivity index (χ1) is 12.5. The Hall–Kier alpha value is -3.03. The minimum absolute atomic E-state index is 0.0476. The van der Waals surface area contributed by atoms with Crippen molar-refractivity contribution in [2.24, 2.45) is 0 Å². The number of urea groups is 1. The fourth-order valence-electron chi connectivity index (χ4n) is 3.02. The molecule has 8 nitrogen and oxygen atoms in total. The number of rotatable bonds is 4. The highest BCUT2D eigenvalue weighted by atomic mass is 16.5. The third-order valence-corrected chi connectivity index (χ3v) is 4.66. The van der Waals surface area contributed by atoms with Gasteiger partial charge in [0.05, 0.1) is 19.0 Å². The first-order valence-corrected chi connectivity index (χ1v) is 8.47. The van der Waals surface area contributed by atoms with Gasteiger partial charge in [-0.25, -0.2) is 4.79 Å². The van der Waals surface area contributed by atoms with Crippen LogP contribution in [0.3, 0.4) is 0 Å². The van der Waals surface area contributed by atoms with Gasteiger partial charge in [-0.3, -0.25) is 9.89 Å². The fraction of sp³-hybridized carbons (Fsp3) is 0.389. The number of hydrogen-bond donors (Lipinski definition) is 2. The van der Waals surface area contributed by atoms with E-state index < -0.39 is 6.04 Å². The highest BCUT2D eigenvalue weighted by molar-refractivity contribution is 5.87. The molecule has 0 bridgehead atoms. The number of nitrogens with zero attached hydrogens (tertiary/aromatic N) is 3. The molecule has 2 N–H and O–H groups in total. The van der Waals surface area contributed by atoms with Crippen molar-refractivity contribution in [3.63, 3.8) is 0 Å². The summed E-state index contributed by atoms with van der Waals surface area (Å²) >= 11 is 0.